The molecule has 0 atom stereocenters. The molecule has 1 aromatic rings. The van der Waals surface area contributed by atoms with E-state index in [1.165, 1.54) is 0 Å². The normalized spacial score (nSPS) is 14.1. The lowest BCUT2D eigenvalue weighted by Crippen LogP contribution is -2.30. The third kappa shape index (κ3) is 3.48. The van der Waals surface area contributed by atoms with Gasteiger partial charge >= 0.3 is 5.97 Å². The molecule has 1 amide bonds. The number of hydrogen-bond donors (Lipinski definition) is 2. The van der Waals surface area contributed by atoms with Crippen molar-refractivity contribution < 1.29 is 14.3 Å². The first kappa shape index (κ1) is 11.4. The molecule has 0 unspecified atom stereocenters. The number of amides is 1. The molecule has 1 aliphatic rings. The first-order chi connectivity index (χ1) is 8.15. The van der Waals surface area contributed by atoms with E-state index < -0.39 is 5.97 Å². The van der Waals surface area contributed by atoms with Crippen LogP contribution in [0.15, 0.2) is 24.3 Å². The molecule has 1 aromatic carbocycles. The molecule has 0 spiro atoms. The van der Waals surface area contributed by atoms with Gasteiger partial charge in [-0.2, -0.15) is 0 Å². The maximum atomic E-state index is 11.5. The Morgan fingerprint density at radius 3 is 2.53 bits per heavy atom. The number of nitrogens with two attached hydrogens (primary N) is 1. The van der Waals surface area contributed by atoms with Crippen LogP contribution in [0.2, 0.25) is 0 Å². The number of nitrogen functional groups attached to an aromatic ring is 1. The van der Waals surface area contributed by atoms with Gasteiger partial charge in [-0.3, -0.25) is 4.79 Å². The molecule has 0 aliphatic heterocycles. The van der Waals surface area contributed by atoms with Gasteiger partial charge in [0, 0.05) is 11.7 Å². The highest BCUT2D eigenvalue weighted by molar-refractivity contribution is 5.91. The molecule has 1 fully saturated rings. The highest BCUT2D eigenvalue weighted by Gasteiger charge is 2.23. The molecule has 1 aliphatic carbocycles. The lowest BCUT2D eigenvalue weighted by molar-refractivity contribution is -0.124. The molecule has 17 heavy (non-hydrogen) atoms. The van der Waals surface area contributed by atoms with E-state index in [0.29, 0.717) is 11.3 Å². The van der Waals surface area contributed by atoms with Crippen molar-refractivity contribution in [3.8, 4) is 0 Å². The van der Waals surface area contributed by atoms with Crippen LogP contribution in [0, 0.1) is 0 Å². The van der Waals surface area contributed by atoms with Crippen LogP contribution in [-0.4, -0.2) is 24.5 Å². The molecule has 1 saturated carbocycles. The van der Waals surface area contributed by atoms with Crippen molar-refractivity contribution in [2.75, 3.05) is 12.3 Å². The largest absolute Gasteiger partial charge is 0.452 e. The third-order valence-corrected chi connectivity index (χ3v) is 2.42. The maximum Gasteiger partial charge on any atom is 0.338 e. The van der Waals surface area contributed by atoms with Gasteiger partial charge < -0.3 is 15.8 Å². The van der Waals surface area contributed by atoms with Gasteiger partial charge in [-0.25, -0.2) is 4.79 Å². The van der Waals surface area contributed by atoms with Gasteiger partial charge in [0.05, 0.1) is 5.56 Å². The Balaban J connectivity index is 1.79. The minimum absolute atomic E-state index is 0.236. The summed E-state index contributed by atoms with van der Waals surface area (Å²) < 4.78 is 4.87. The lowest BCUT2D eigenvalue weighted by atomic mass is 10.2. The molecule has 90 valence electrons. The van der Waals surface area contributed by atoms with Crippen LogP contribution in [-0.2, 0) is 9.53 Å². The predicted molar refractivity (Wildman–Crippen MR) is 62.3 cm³/mol. The number of anilines is 1. The van der Waals surface area contributed by atoms with Crippen molar-refractivity contribution in [3.63, 3.8) is 0 Å². The minimum atomic E-state index is -0.518. The Hall–Kier alpha value is -2.04. The summed E-state index contributed by atoms with van der Waals surface area (Å²) in [6.07, 6.45) is 2.02. The van der Waals surface area contributed by atoms with E-state index in [2.05, 4.69) is 5.32 Å². The van der Waals surface area contributed by atoms with Crippen molar-refractivity contribution in [3.05, 3.63) is 29.8 Å². The molecular formula is C12H14N2O3. The van der Waals surface area contributed by atoms with Crippen molar-refractivity contribution in [1.82, 2.24) is 5.32 Å². The summed E-state index contributed by atoms with van der Waals surface area (Å²) in [5.74, 6) is -0.771. The van der Waals surface area contributed by atoms with E-state index in [4.69, 9.17) is 10.5 Å². The van der Waals surface area contributed by atoms with E-state index in [1.807, 2.05) is 0 Å². The second-order valence-corrected chi connectivity index (χ2v) is 4.04. The zero-order valence-electron chi connectivity index (χ0n) is 9.31. The fourth-order valence-electron chi connectivity index (χ4n) is 1.33. The standard InChI is InChI=1S/C12H14N2O3/c13-9-3-1-8(2-4-9)12(16)17-7-11(15)14-10-5-6-10/h1-4,10H,5-7,13H2,(H,14,15). The topological polar surface area (TPSA) is 81.4 Å². The SMILES string of the molecule is Nc1ccc(C(=O)OCC(=O)NC2CC2)cc1. The number of esters is 1. The van der Waals surface area contributed by atoms with Crippen LogP contribution >= 0.6 is 0 Å². The van der Waals surface area contributed by atoms with Crippen LogP contribution < -0.4 is 11.1 Å². The second-order valence-electron chi connectivity index (χ2n) is 4.04. The third-order valence-electron chi connectivity index (χ3n) is 2.42. The van der Waals surface area contributed by atoms with Crippen molar-refractivity contribution in [2.24, 2.45) is 0 Å². The van der Waals surface area contributed by atoms with Crippen molar-refractivity contribution >= 4 is 17.6 Å². The summed E-state index contributed by atoms with van der Waals surface area (Å²) in [6.45, 7) is -0.236. The van der Waals surface area contributed by atoms with E-state index in [0.717, 1.165) is 12.8 Å². The molecule has 0 saturated heterocycles. The Morgan fingerprint density at radius 1 is 1.29 bits per heavy atom. The summed E-state index contributed by atoms with van der Waals surface area (Å²) in [7, 11) is 0. The molecule has 0 bridgehead atoms. The summed E-state index contributed by atoms with van der Waals surface area (Å²) in [5.41, 5.74) is 6.46. The second kappa shape index (κ2) is 4.86. The monoisotopic (exact) mass is 234 g/mol. The number of carbonyl (C=O) groups excluding carboxylic acids is 2. The summed E-state index contributed by atoms with van der Waals surface area (Å²) >= 11 is 0. The predicted octanol–water partition coefficient (Wildman–Crippen LogP) is 0.704. The van der Waals surface area contributed by atoms with Crippen molar-refractivity contribution in [2.45, 2.75) is 18.9 Å². The first-order valence-electron chi connectivity index (χ1n) is 5.47. The van der Waals surface area contributed by atoms with Crippen LogP contribution in [0.3, 0.4) is 0 Å². The summed E-state index contributed by atoms with van der Waals surface area (Å²) in [5, 5.41) is 2.73. The van der Waals surface area contributed by atoms with Gasteiger partial charge in [0.15, 0.2) is 6.61 Å². The number of nitrogens with one attached hydrogen (secondary N) is 1. The number of rotatable bonds is 4. The minimum Gasteiger partial charge on any atom is -0.452 e. The molecular weight excluding hydrogens is 220 g/mol. The Labute approximate surface area is 98.9 Å². The molecule has 5 heteroatoms. The fraction of sp³-hybridized carbons (Fsp3) is 0.333. The van der Waals surface area contributed by atoms with Gasteiger partial charge in [-0.15, -0.1) is 0 Å². The number of benzene rings is 1. The quantitative estimate of drug-likeness (QED) is 0.593. The Bertz CT molecular complexity index is 424. The number of ether oxygens (including phenoxy) is 1. The molecule has 0 heterocycles. The van der Waals surface area contributed by atoms with Crippen LogP contribution in [0.1, 0.15) is 23.2 Å². The smallest absolute Gasteiger partial charge is 0.338 e. The molecule has 0 aromatic heterocycles. The van der Waals surface area contributed by atoms with Crippen LogP contribution in [0.5, 0.6) is 0 Å². The average Bonchev–Trinajstić information content (AvgIpc) is 3.11. The van der Waals surface area contributed by atoms with Gasteiger partial charge in [-0.1, -0.05) is 0 Å². The molecule has 3 N–H and O–H groups in total. The molecule has 2 rings (SSSR count). The van der Waals surface area contributed by atoms with E-state index in [9.17, 15) is 9.59 Å². The lowest BCUT2D eigenvalue weighted by Gasteiger charge is -2.05. The Kier molecular flexibility index (Phi) is 3.27. The van der Waals surface area contributed by atoms with Gasteiger partial charge in [-0.05, 0) is 37.1 Å². The molecule has 5 nitrogen and oxygen atoms in total. The fourth-order valence-corrected chi connectivity index (χ4v) is 1.33. The van der Waals surface area contributed by atoms with Gasteiger partial charge in [0.2, 0.25) is 0 Å². The van der Waals surface area contributed by atoms with E-state index in [-0.39, 0.29) is 18.6 Å². The first-order valence-corrected chi connectivity index (χ1v) is 5.47. The zero-order valence-corrected chi connectivity index (χ0v) is 9.31. The van der Waals surface area contributed by atoms with Crippen molar-refractivity contribution in [1.29, 1.82) is 0 Å². The average molecular weight is 234 g/mol. The van der Waals surface area contributed by atoms with E-state index >= 15 is 0 Å². The maximum absolute atomic E-state index is 11.5. The summed E-state index contributed by atoms with van der Waals surface area (Å²) in [4.78, 5) is 22.8. The number of hydrogen-bond acceptors (Lipinski definition) is 4. The number of carbonyl (C=O) groups is 2. The van der Waals surface area contributed by atoms with Gasteiger partial charge in [0.1, 0.15) is 0 Å². The molecule has 0 radical (unpaired) electrons. The Morgan fingerprint density at radius 2 is 1.94 bits per heavy atom. The highest BCUT2D eigenvalue weighted by Crippen LogP contribution is 2.18. The van der Waals surface area contributed by atoms with E-state index in [1.54, 1.807) is 24.3 Å². The van der Waals surface area contributed by atoms with Crippen LogP contribution in [0.25, 0.3) is 0 Å². The zero-order chi connectivity index (χ0) is 12.3. The van der Waals surface area contributed by atoms with Crippen LogP contribution in [0.4, 0.5) is 5.69 Å². The van der Waals surface area contributed by atoms with Gasteiger partial charge in [0.25, 0.3) is 5.91 Å². The summed E-state index contributed by atoms with van der Waals surface area (Å²) in [6, 6.07) is 6.63. The highest BCUT2D eigenvalue weighted by atomic mass is 16.5.